The minimum Gasteiger partial charge on any atom is -0.462 e. The third kappa shape index (κ3) is 7.87. The summed E-state index contributed by atoms with van der Waals surface area (Å²) in [6.45, 7) is 4.59. The van der Waals surface area contributed by atoms with Gasteiger partial charge in [0.1, 0.15) is 11.4 Å². The van der Waals surface area contributed by atoms with Crippen molar-refractivity contribution in [3.05, 3.63) is 72.8 Å². The van der Waals surface area contributed by atoms with Gasteiger partial charge in [0, 0.05) is 12.0 Å². The van der Waals surface area contributed by atoms with Gasteiger partial charge in [-0.1, -0.05) is 49.0 Å². The Balaban J connectivity index is 0.000000221. The third-order valence-corrected chi connectivity index (χ3v) is 4.03. The van der Waals surface area contributed by atoms with Gasteiger partial charge in [0.05, 0.1) is 19.3 Å². The Hall–Kier alpha value is -3.63. The maximum Gasteiger partial charge on any atom is 0.330 e. The highest BCUT2D eigenvalue weighted by molar-refractivity contribution is 5.81. The molecule has 0 radical (unpaired) electrons. The molecular formula is C22H20N2O5. The highest BCUT2D eigenvalue weighted by Gasteiger charge is 2.28. The van der Waals surface area contributed by atoms with Crippen molar-refractivity contribution in [3.63, 3.8) is 0 Å². The first-order chi connectivity index (χ1) is 14.2. The molecule has 148 valence electrons. The van der Waals surface area contributed by atoms with Gasteiger partial charge in [-0.15, -0.1) is 0 Å². The summed E-state index contributed by atoms with van der Waals surface area (Å²) in [5.41, 5.74) is 1.81. The first kappa shape index (κ1) is 21.7. The fraction of sp³-hybridized carbons (Fsp3) is 0.227. The topological polar surface area (TPSA) is 97.7 Å². The Kier molecular flexibility index (Phi) is 8.93. The van der Waals surface area contributed by atoms with Gasteiger partial charge in [0.15, 0.2) is 0 Å². The van der Waals surface area contributed by atoms with Crippen LogP contribution in [-0.4, -0.2) is 37.4 Å². The van der Waals surface area contributed by atoms with E-state index in [2.05, 4.69) is 28.7 Å². The van der Waals surface area contributed by atoms with Crippen molar-refractivity contribution in [3.8, 4) is 0 Å². The molecule has 0 spiro atoms. The first-order valence-corrected chi connectivity index (χ1v) is 8.88. The van der Waals surface area contributed by atoms with Gasteiger partial charge >= 0.3 is 5.97 Å². The van der Waals surface area contributed by atoms with Crippen molar-refractivity contribution in [2.24, 2.45) is 9.98 Å². The molecule has 1 saturated heterocycles. The number of epoxide rings is 1. The van der Waals surface area contributed by atoms with Crippen LogP contribution in [0.4, 0.5) is 11.4 Å². The normalized spacial score (nSPS) is 14.7. The smallest absolute Gasteiger partial charge is 0.330 e. The van der Waals surface area contributed by atoms with E-state index in [0.717, 1.165) is 13.0 Å². The van der Waals surface area contributed by atoms with Crippen LogP contribution in [0.5, 0.6) is 0 Å². The molecular weight excluding hydrogens is 372 g/mol. The van der Waals surface area contributed by atoms with Crippen LogP contribution in [0.3, 0.4) is 0 Å². The minimum atomic E-state index is -0.373. The first-order valence-electron chi connectivity index (χ1n) is 8.88. The number of carbonyl (C=O) groups is 1. The molecule has 0 aliphatic carbocycles. The summed E-state index contributed by atoms with van der Waals surface area (Å²) in [4.78, 5) is 37.6. The standard InChI is InChI=1S/C14H16O3.C8H4N2O2/c1-2-14(15)17-9-12(8-13-10-16-13)11-6-4-3-5-7-11;11-5-9-7-3-1-2-4-8(7)10-6-12/h2-7,12-13H,1,8-10H2;1-4H. The number of hydrogen-bond donors (Lipinski definition) is 0. The summed E-state index contributed by atoms with van der Waals surface area (Å²) < 4.78 is 10.4. The molecule has 1 heterocycles. The molecule has 1 fully saturated rings. The monoisotopic (exact) mass is 392 g/mol. The van der Waals surface area contributed by atoms with E-state index in [4.69, 9.17) is 9.47 Å². The lowest BCUT2D eigenvalue weighted by Crippen LogP contribution is -2.13. The van der Waals surface area contributed by atoms with Gasteiger partial charge < -0.3 is 9.47 Å². The number of para-hydroxylation sites is 2. The Bertz CT molecular complexity index is 875. The summed E-state index contributed by atoms with van der Waals surface area (Å²) in [5, 5.41) is 0. The maximum atomic E-state index is 11.1. The van der Waals surface area contributed by atoms with Crippen LogP contribution in [0.25, 0.3) is 0 Å². The van der Waals surface area contributed by atoms with Crippen LogP contribution in [0.15, 0.2) is 77.2 Å². The molecule has 0 amide bonds. The number of aliphatic imine (C=N–C) groups is 2. The maximum absolute atomic E-state index is 11.1. The molecule has 2 aromatic carbocycles. The van der Waals surface area contributed by atoms with E-state index < -0.39 is 0 Å². The molecule has 2 unspecified atom stereocenters. The molecule has 7 nitrogen and oxygen atoms in total. The SMILES string of the molecule is C=CC(=O)OCC(CC1CO1)c1ccccc1.O=C=Nc1ccccc1N=C=O. The minimum absolute atomic E-state index is 0.201. The quantitative estimate of drug-likeness (QED) is 0.223. The van der Waals surface area contributed by atoms with Gasteiger partial charge in [0.2, 0.25) is 12.2 Å². The molecule has 1 aliphatic rings. The second kappa shape index (κ2) is 12.0. The number of carbonyl (C=O) groups excluding carboxylic acids is 3. The summed E-state index contributed by atoms with van der Waals surface area (Å²) in [6, 6.07) is 16.5. The van der Waals surface area contributed by atoms with E-state index in [1.165, 1.54) is 23.8 Å². The summed E-state index contributed by atoms with van der Waals surface area (Å²) in [6.07, 6.45) is 5.15. The van der Waals surface area contributed by atoms with Crippen LogP contribution in [0, 0.1) is 0 Å². The van der Waals surface area contributed by atoms with Gasteiger partial charge in [-0.05, 0) is 24.1 Å². The Labute approximate surface area is 168 Å². The van der Waals surface area contributed by atoms with Gasteiger partial charge in [-0.2, -0.15) is 9.98 Å². The summed E-state index contributed by atoms with van der Waals surface area (Å²) in [5.74, 6) is -0.171. The molecule has 1 aliphatic heterocycles. The lowest BCUT2D eigenvalue weighted by atomic mass is 9.95. The third-order valence-electron chi connectivity index (χ3n) is 4.03. The van der Waals surface area contributed by atoms with Gasteiger partial charge in [-0.3, -0.25) is 0 Å². The zero-order valence-electron chi connectivity index (χ0n) is 15.7. The lowest BCUT2D eigenvalue weighted by molar-refractivity contribution is -0.138. The number of nitrogens with zero attached hydrogens (tertiary/aromatic N) is 2. The van der Waals surface area contributed by atoms with Crippen LogP contribution < -0.4 is 0 Å². The highest BCUT2D eigenvalue weighted by Crippen LogP contribution is 2.28. The summed E-state index contributed by atoms with van der Waals surface area (Å²) in [7, 11) is 0. The van der Waals surface area contributed by atoms with Gasteiger partial charge in [0.25, 0.3) is 0 Å². The summed E-state index contributed by atoms with van der Waals surface area (Å²) >= 11 is 0. The highest BCUT2D eigenvalue weighted by atomic mass is 16.6. The molecule has 0 N–H and O–H groups in total. The lowest BCUT2D eigenvalue weighted by Gasteiger charge is -2.15. The zero-order valence-corrected chi connectivity index (χ0v) is 15.7. The van der Waals surface area contributed by atoms with E-state index in [-0.39, 0.29) is 11.9 Å². The molecule has 2 aromatic rings. The van der Waals surface area contributed by atoms with E-state index in [1.807, 2.05) is 18.2 Å². The molecule has 29 heavy (non-hydrogen) atoms. The second-order valence-corrected chi connectivity index (χ2v) is 6.03. The van der Waals surface area contributed by atoms with Gasteiger partial charge in [-0.25, -0.2) is 14.4 Å². The number of ether oxygens (including phenoxy) is 2. The Morgan fingerprint density at radius 1 is 1.10 bits per heavy atom. The predicted octanol–water partition coefficient (Wildman–Crippen LogP) is 3.91. The second-order valence-electron chi connectivity index (χ2n) is 6.03. The molecule has 3 rings (SSSR count). The van der Waals surface area contributed by atoms with Crippen LogP contribution in [0.1, 0.15) is 17.9 Å². The molecule has 0 bridgehead atoms. The van der Waals surface area contributed by atoms with E-state index >= 15 is 0 Å². The van der Waals surface area contributed by atoms with Crippen molar-refractivity contribution in [2.45, 2.75) is 18.4 Å². The predicted molar refractivity (Wildman–Crippen MR) is 107 cm³/mol. The fourth-order valence-corrected chi connectivity index (χ4v) is 2.54. The average Bonchev–Trinajstić information content (AvgIpc) is 3.58. The van der Waals surface area contributed by atoms with Crippen molar-refractivity contribution in [2.75, 3.05) is 13.2 Å². The van der Waals surface area contributed by atoms with Crippen LogP contribution in [-0.2, 0) is 23.9 Å². The zero-order chi connectivity index (χ0) is 20.9. The van der Waals surface area contributed by atoms with Crippen LogP contribution >= 0.6 is 0 Å². The van der Waals surface area contributed by atoms with Crippen LogP contribution in [0.2, 0.25) is 0 Å². The van der Waals surface area contributed by atoms with E-state index in [9.17, 15) is 14.4 Å². The molecule has 0 aromatic heterocycles. The fourth-order valence-electron chi connectivity index (χ4n) is 2.54. The Morgan fingerprint density at radius 3 is 2.14 bits per heavy atom. The number of hydrogen-bond acceptors (Lipinski definition) is 7. The Morgan fingerprint density at radius 2 is 1.66 bits per heavy atom. The molecule has 0 saturated carbocycles. The number of isocyanates is 2. The largest absolute Gasteiger partial charge is 0.462 e. The van der Waals surface area contributed by atoms with Crippen molar-refractivity contribution >= 4 is 29.5 Å². The van der Waals surface area contributed by atoms with E-state index in [1.54, 1.807) is 24.3 Å². The number of rotatable bonds is 8. The molecule has 2 atom stereocenters. The molecule has 7 heteroatoms. The van der Waals surface area contributed by atoms with E-state index in [0.29, 0.717) is 24.1 Å². The number of benzene rings is 2. The number of esters is 1. The average molecular weight is 392 g/mol. The van der Waals surface area contributed by atoms with Crippen molar-refractivity contribution < 1.29 is 23.9 Å². The van der Waals surface area contributed by atoms with Crippen molar-refractivity contribution in [1.82, 2.24) is 0 Å². The van der Waals surface area contributed by atoms with Crippen molar-refractivity contribution in [1.29, 1.82) is 0 Å².